The Morgan fingerprint density at radius 2 is 1.56 bits per heavy atom. The lowest BCUT2D eigenvalue weighted by molar-refractivity contribution is -0.116. The number of allylic oxidation sites excluding steroid dienone is 1. The standard InChI is InChI=1S/C28H30NOPS/c1-21-19-22(2)28(29(23(3)30)24-13-7-4-8-14-24)27(20-21)31(32,25-15-9-5-10-16-25)26-17-11-6-12-18-26/h5-7,9-13,15-20,24H,4,8,14H2,1-3H3. The lowest BCUT2D eigenvalue weighted by atomic mass is 9.99. The zero-order valence-corrected chi connectivity index (χ0v) is 20.7. The lowest BCUT2D eigenvalue weighted by Crippen LogP contribution is -2.43. The molecule has 0 aromatic heterocycles. The van der Waals surface area contributed by atoms with Crippen molar-refractivity contribution in [3.05, 3.63) is 96.1 Å². The zero-order chi connectivity index (χ0) is 22.7. The summed E-state index contributed by atoms with van der Waals surface area (Å²) in [6, 6.07) is 23.0. The van der Waals surface area contributed by atoms with Gasteiger partial charge in [0.05, 0.1) is 11.7 Å². The molecular formula is C28H30NOPS. The van der Waals surface area contributed by atoms with Crippen LogP contribution < -0.4 is 20.8 Å². The lowest BCUT2D eigenvalue weighted by Gasteiger charge is -2.36. The molecule has 0 heterocycles. The Hall–Kier alpha value is -2.48. The van der Waals surface area contributed by atoms with Crippen LogP contribution in [0, 0.1) is 13.8 Å². The molecule has 1 aliphatic carbocycles. The molecule has 0 aliphatic heterocycles. The summed E-state index contributed by atoms with van der Waals surface area (Å²) in [6.07, 6.45) is 7.55. The minimum atomic E-state index is -2.40. The van der Waals surface area contributed by atoms with E-state index in [1.807, 2.05) is 17.0 Å². The second-order valence-electron chi connectivity index (χ2n) is 8.55. The summed E-state index contributed by atoms with van der Waals surface area (Å²) in [5.41, 5.74) is 3.27. The Morgan fingerprint density at radius 1 is 0.969 bits per heavy atom. The first kappa shape index (κ1) is 22.7. The fraction of sp³-hybridized carbons (Fsp3) is 0.250. The average molecular weight is 460 g/mol. The van der Waals surface area contributed by atoms with Crippen LogP contribution >= 0.6 is 6.04 Å². The largest absolute Gasteiger partial charge is 0.305 e. The third-order valence-corrected chi connectivity index (χ3v) is 11.1. The normalized spacial score (nSPS) is 16.0. The van der Waals surface area contributed by atoms with Gasteiger partial charge < -0.3 is 4.90 Å². The van der Waals surface area contributed by atoms with Crippen molar-refractivity contribution in [1.29, 1.82) is 0 Å². The van der Waals surface area contributed by atoms with Crippen molar-refractivity contribution >= 4 is 45.4 Å². The third kappa shape index (κ3) is 4.25. The molecule has 0 bridgehead atoms. The highest BCUT2D eigenvalue weighted by Crippen LogP contribution is 2.47. The quantitative estimate of drug-likeness (QED) is 0.370. The van der Waals surface area contributed by atoms with E-state index in [4.69, 9.17) is 11.8 Å². The van der Waals surface area contributed by atoms with Gasteiger partial charge in [0.1, 0.15) is 0 Å². The number of hydrogen-bond acceptors (Lipinski definition) is 2. The summed E-state index contributed by atoms with van der Waals surface area (Å²) in [6.45, 7) is 5.92. The SMILES string of the molecule is CC(=O)N(c1c(C)cc(C)cc1P(=S)(c1ccccc1)c1ccccc1)C1C=CCCC1. The maximum atomic E-state index is 13.1. The van der Waals surface area contributed by atoms with E-state index >= 15 is 0 Å². The number of carbonyl (C=O) groups excluding carboxylic acids is 1. The smallest absolute Gasteiger partial charge is 0.224 e. The number of amides is 1. The average Bonchev–Trinajstić information content (AvgIpc) is 2.81. The summed E-state index contributed by atoms with van der Waals surface area (Å²) >= 11 is 6.67. The molecule has 164 valence electrons. The van der Waals surface area contributed by atoms with E-state index in [2.05, 4.69) is 86.7 Å². The molecule has 1 aliphatic rings. The van der Waals surface area contributed by atoms with Crippen molar-refractivity contribution in [3.63, 3.8) is 0 Å². The van der Waals surface area contributed by atoms with E-state index in [1.165, 1.54) is 5.56 Å². The van der Waals surface area contributed by atoms with Gasteiger partial charge >= 0.3 is 0 Å². The molecule has 0 saturated carbocycles. The third-order valence-electron chi connectivity index (χ3n) is 6.14. The molecule has 0 radical (unpaired) electrons. The van der Waals surface area contributed by atoms with E-state index < -0.39 is 6.04 Å². The van der Waals surface area contributed by atoms with Gasteiger partial charge in [-0.05, 0) is 55.3 Å². The number of hydrogen-bond donors (Lipinski definition) is 0. The number of carbonyl (C=O) groups is 1. The summed E-state index contributed by atoms with van der Waals surface area (Å²) in [7, 11) is 0. The van der Waals surface area contributed by atoms with Crippen LogP contribution in [0.5, 0.6) is 0 Å². The van der Waals surface area contributed by atoms with Crippen LogP contribution in [0.3, 0.4) is 0 Å². The number of benzene rings is 3. The molecule has 3 aromatic rings. The second-order valence-corrected chi connectivity index (χ2v) is 12.9. The molecule has 1 atom stereocenters. The fourth-order valence-corrected chi connectivity index (χ4v) is 8.91. The van der Waals surface area contributed by atoms with E-state index in [0.29, 0.717) is 0 Å². The first-order valence-corrected chi connectivity index (χ1v) is 14.0. The van der Waals surface area contributed by atoms with Gasteiger partial charge in [-0.2, -0.15) is 0 Å². The van der Waals surface area contributed by atoms with Gasteiger partial charge in [-0.15, -0.1) is 0 Å². The second kappa shape index (κ2) is 9.57. The predicted molar refractivity (Wildman–Crippen MR) is 142 cm³/mol. The molecule has 32 heavy (non-hydrogen) atoms. The number of nitrogens with zero attached hydrogens (tertiary/aromatic N) is 1. The molecule has 2 nitrogen and oxygen atoms in total. The van der Waals surface area contributed by atoms with Crippen molar-refractivity contribution in [2.45, 2.75) is 46.1 Å². The Kier molecular flexibility index (Phi) is 6.79. The van der Waals surface area contributed by atoms with Crippen LogP contribution in [-0.2, 0) is 16.6 Å². The molecule has 4 heteroatoms. The van der Waals surface area contributed by atoms with E-state index in [0.717, 1.165) is 46.4 Å². The minimum Gasteiger partial charge on any atom is -0.305 e. The first-order valence-electron chi connectivity index (χ1n) is 11.2. The Balaban J connectivity index is 2.05. The monoisotopic (exact) mass is 459 g/mol. The molecule has 1 unspecified atom stereocenters. The molecule has 0 fully saturated rings. The van der Waals surface area contributed by atoms with Gasteiger partial charge in [0.2, 0.25) is 5.91 Å². The molecule has 3 aromatic carbocycles. The van der Waals surface area contributed by atoms with Crippen molar-refractivity contribution < 1.29 is 4.79 Å². The summed E-state index contributed by atoms with van der Waals surface area (Å²) in [5.74, 6) is 0.0671. The van der Waals surface area contributed by atoms with Crippen molar-refractivity contribution in [2.24, 2.45) is 0 Å². The van der Waals surface area contributed by atoms with Crippen molar-refractivity contribution in [1.82, 2.24) is 0 Å². The van der Waals surface area contributed by atoms with Crippen molar-refractivity contribution in [3.8, 4) is 0 Å². The van der Waals surface area contributed by atoms with Gasteiger partial charge in [0, 0.05) is 18.3 Å². The molecule has 1 amide bonds. The van der Waals surface area contributed by atoms with Crippen LogP contribution in [-0.4, -0.2) is 11.9 Å². The van der Waals surface area contributed by atoms with Gasteiger partial charge in [0.15, 0.2) is 0 Å². The highest BCUT2D eigenvalue weighted by molar-refractivity contribution is 8.25. The van der Waals surface area contributed by atoms with Gasteiger partial charge in [-0.3, -0.25) is 4.79 Å². The van der Waals surface area contributed by atoms with E-state index in [1.54, 1.807) is 6.92 Å². The highest BCUT2D eigenvalue weighted by atomic mass is 32.4. The van der Waals surface area contributed by atoms with Gasteiger partial charge in [0.25, 0.3) is 0 Å². The Morgan fingerprint density at radius 3 is 2.06 bits per heavy atom. The van der Waals surface area contributed by atoms with Crippen LogP contribution in [0.2, 0.25) is 0 Å². The maximum Gasteiger partial charge on any atom is 0.224 e. The maximum absolute atomic E-state index is 13.1. The first-order chi connectivity index (χ1) is 15.4. The molecular weight excluding hydrogens is 429 g/mol. The van der Waals surface area contributed by atoms with E-state index in [9.17, 15) is 4.79 Å². The van der Waals surface area contributed by atoms with Crippen LogP contribution in [0.1, 0.15) is 37.3 Å². The topological polar surface area (TPSA) is 20.3 Å². The minimum absolute atomic E-state index is 0.0661. The van der Waals surface area contributed by atoms with Crippen LogP contribution in [0.25, 0.3) is 0 Å². The summed E-state index contributed by atoms with van der Waals surface area (Å²) in [4.78, 5) is 15.1. The molecule has 4 rings (SSSR count). The number of anilines is 1. The number of rotatable bonds is 5. The van der Waals surface area contributed by atoms with Crippen LogP contribution in [0.15, 0.2) is 84.9 Å². The van der Waals surface area contributed by atoms with Gasteiger partial charge in [-0.1, -0.05) is 96.3 Å². The van der Waals surface area contributed by atoms with Gasteiger partial charge in [-0.25, -0.2) is 0 Å². The summed E-state index contributed by atoms with van der Waals surface area (Å²) in [5, 5.41) is 3.40. The Bertz CT molecular complexity index is 1140. The number of aryl methyl sites for hydroxylation is 2. The molecule has 0 spiro atoms. The highest BCUT2D eigenvalue weighted by Gasteiger charge is 2.33. The Labute approximate surface area is 197 Å². The zero-order valence-electron chi connectivity index (χ0n) is 19.0. The van der Waals surface area contributed by atoms with Crippen molar-refractivity contribution in [2.75, 3.05) is 4.90 Å². The van der Waals surface area contributed by atoms with E-state index in [-0.39, 0.29) is 11.9 Å². The fourth-order valence-electron chi connectivity index (χ4n) is 4.76. The summed E-state index contributed by atoms with van der Waals surface area (Å²) < 4.78 is 0. The molecule has 0 saturated heterocycles. The molecule has 0 N–H and O–H groups in total. The predicted octanol–water partition coefficient (Wildman–Crippen LogP) is 5.52. The van der Waals surface area contributed by atoms with Crippen LogP contribution in [0.4, 0.5) is 5.69 Å².